The molecular formula is C13H24Cl2N4O. The van der Waals surface area contributed by atoms with Gasteiger partial charge in [-0.15, -0.1) is 24.8 Å². The first-order valence-electron chi connectivity index (χ1n) is 6.14. The van der Waals surface area contributed by atoms with Crippen LogP contribution < -0.4 is 16.0 Å². The molecule has 116 valence electrons. The second-order valence-electron chi connectivity index (χ2n) is 4.67. The van der Waals surface area contributed by atoms with Crippen molar-refractivity contribution < 1.29 is 4.79 Å². The second kappa shape index (κ2) is 10.7. The first-order valence-corrected chi connectivity index (χ1v) is 6.14. The van der Waals surface area contributed by atoms with Crippen LogP contribution >= 0.6 is 24.8 Å². The zero-order valence-corrected chi connectivity index (χ0v) is 13.8. The van der Waals surface area contributed by atoms with Crippen LogP contribution in [-0.4, -0.2) is 31.0 Å². The highest BCUT2D eigenvalue weighted by molar-refractivity contribution is 5.85. The lowest BCUT2D eigenvalue weighted by Gasteiger charge is -2.16. The largest absolute Gasteiger partial charge is 0.362 e. The maximum absolute atomic E-state index is 11.6. The summed E-state index contributed by atoms with van der Waals surface area (Å²) in [5, 5.41) is 2.89. The Balaban J connectivity index is 0. The minimum Gasteiger partial charge on any atom is -0.362 e. The smallest absolute Gasteiger partial charge is 0.220 e. The van der Waals surface area contributed by atoms with Gasteiger partial charge in [-0.25, -0.2) is 4.98 Å². The van der Waals surface area contributed by atoms with E-state index in [-0.39, 0.29) is 36.8 Å². The number of carbonyl (C=O) groups is 1. The van der Waals surface area contributed by atoms with Crippen molar-refractivity contribution in [3.63, 3.8) is 0 Å². The lowest BCUT2D eigenvalue weighted by Crippen LogP contribution is -2.26. The number of aromatic nitrogens is 1. The molecule has 7 heteroatoms. The van der Waals surface area contributed by atoms with Crippen molar-refractivity contribution in [2.45, 2.75) is 32.4 Å². The third-order valence-corrected chi connectivity index (χ3v) is 2.59. The van der Waals surface area contributed by atoms with Gasteiger partial charge >= 0.3 is 0 Å². The molecule has 0 aliphatic carbocycles. The lowest BCUT2D eigenvalue weighted by atomic mass is 10.2. The van der Waals surface area contributed by atoms with Gasteiger partial charge in [-0.05, 0) is 19.4 Å². The minimum absolute atomic E-state index is 0. The number of nitrogens with zero attached hydrogens (tertiary/aromatic N) is 2. The van der Waals surface area contributed by atoms with E-state index in [2.05, 4.69) is 10.3 Å². The molecule has 1 rings (SSSR count). The number of anilines is 1. The van der Waals surface area contributed by atoms with Crippen LogP contribution in [0.4, 0.5) is 5.82 Å². The van der Waals surface area contributed by atoms with E-state index in [1.807, 2.05) is 38.1 Å². The van der Waals surface area contributed by atoms with Crippen LogP contribution in [-0.2, 0) is 11.3 Å². The van der Waals surface area contributed by atoms with Crippen molar-refractivity contribution in [2.75, 3.05) is 19.0 Å². The van der Waals surface area contributed by atoms with E-state index in [9.17, 15) is 4.79 Å². The highest BCUT2D eigenvalue weighted by Crippen LogP contribution is 2.13. The quantitative estimate of drug-likeness (QED) is 0.836. The van der Waals surface area contributed by atoms with Crippen LogP contribution in [0, 0.1) is 0 Å². The molecule has 1 atom stereocenters. The number of pyridine rings is 1. The molecule has 5 nitrogen and oxygen atoms in total. The molecule has 1 aromatic rings. The Morgan fingerprint density at radius 1 is 1.45 bits per heavy atom. The molecule has 0 saturated carbocycles. The zero-order valence-electron chi connectivity index (χ0n) is 12.1. The molecule has 0 radical (unpaired) electrons. The van der Waals surface area contributed by atoms with Crippen molar-refractivity contribution >= 4 is 36.5 Å². The molecule has 20 heavy (non-hydrogen) atoms. The Bertz CT molecular complexity index is 400. The van der Waals surface area contributed by atoms with Gasteiger partial charge in [0.1, 0.15) is 5.82 Å². The van der Waals surface area contributed by atoms with E-state index in [1.54, 1.807) is 6.20 Å². The molecule has 1 unspecified atom stereocenters. The highest BCUT2D eigenvalue weighted by Gasteiger charge is 2.07. The van der Waals surface area contributed by atoms with Gasteiger partial charge in [-0.3, -0.25) is 4.79 Å². The van der Waals surface area contributed by atoms with E-state index in [0.29, 0.717) is 19.4 Å². The first-order chi connectivity index (χ1) is 8.50. The van der Waals surface area contributed by atoms with Gasteiger partial charge in [-0.2, -0.15) is 0 Å². The average molecular weight is 323 g/mol. The second-order valence-corrected chi connectivity index (χ2v) is 4.67. The van der Waals surface area contributed by atoms with Gasteiger partial charge in [0.2, 0.25) is 5.91 Å². The van der Waals surface area contributed by atoms with Crippen LogP contribution in [0.2, 0.25) is 0 Å². The van der Waals surface area contributed by atoms with Crippen molar-refractivity contribution in [1.82, 2.24) is 10.3 Å². The molecular weight excluding hydrogens is 299 g/mol. The van der Waals surface area contributed by atoms with Crippen LogP contribution in [0.15, 0.2) is 18.3 Å². The Morgan fingerprint density at radius 3 is 2.65 bits per heavy atom. The van der Waals surface area contributed by atoms with Crippen molar-refractivity contribution in [3.8, 4) is 0 Å². The summed E-state index contributed by atoms with van der Waals surface area (Å²) in [6.07, 6.45) is 2.92. The molecule has 1 heterocycles. The van der Waals surface area contributed by atoms with Crippen molar-refractivity contribution in [2.24, 2.45) is 5.73 Å². The Morgan fingerprint density at radius 2 is 2.10 bits per heavy atom. The highest BCUT2D eigenvalue weighted by atomic mass is 35.5. The Kier molecular flexibility index (Phi) is 11.4. The van der Waals surface area contributed by atoms with Gasteiger partial charge in [0.15, 0.2) is 0 Å². The summed E-state index contributed by atoms with van der Waals surface area (Å²) in [5.74, 6) is 0.908. The maximum Gasteiger partial charge on any atom is 0.220 e. The van der Waals surface area contributed by atoms with Crippen molar-refractivity contribution in [1.29, 1.82) is 0 Å². The number of nitrogens with one attached hydrogen (secondary N) is 1. The van der Waals surface area contributed by atoms with Gasteiger partial charge < -0.3 is 16.0 Å². The van der Waals surface area contributed by atoms with Crippen LogP contribution in [0.1, 0.15) is 25.3 Å². The molecule has 0 aromatic carbocycles. The average Bonchev–Trinajstić information content (AvgIpc) is 2.34. The SMILES string of the molecule is CC(N)CCC(=O)NCc1cccnc1N(C)C.Cl.Cl. The topological polar surface area (TPSA) is 71.2 Å². The normalized spacial score (nSPS) is 10.8. The molecule has 1 aromatic heterocycles. The van der Waals surface area contributed by atoms with Gasteiger partial charge in [-0.1, -0.05) is 6.07 Å². The number of nitrogens with two attached hydrogens (primary N) is 1. The molecule has 0 spiro atoms. The predicted molar refractivity (Wildman–Crippen MR) is 87.8 cm³/mol. The molecule has 0 bridgehead atoms. The number of halogens is 2. The summed E-state index contributed by atoms with van der Waals surface area (Å²) >= 11 is 0. The first kappa shape index (κ1) is 21.3. The third kappa shape index (κ3) is 7.53. The Hall–Kier alpha value is -1.04. The standard InChI is InChI=1S/C13H22N4O.2ClH/c1-10(14)6-7-12(18)16-9-11-5-4-8-15-13(11)17(2)3;;/h4-5,8,10H,6-7,9,14H2,1-3H3,(H,16,18);2*1H. The minimum atomic E-state index is 0. The molecule has 0 fully saturated rings. The van der Waals surface area contributed by atoms with Gasteiger partial charge in [0.05, 0.1) is 0 Å². The van der Waals surface area contributed by atoms with E-state index in [0.717, 1.165) is 11.4 Å². The summed E-state index contributed by atoms with van der Waals surface area (Å²) in [4.78, 5) is 17.8. The lowest BCUT2D eigenvalue weighted by molar-refractivity contribution is -0.121. The number of hydrogen-bond acceptors (Lipinski definition) is 4. The summed E-state index contributed by atoms with van der Waals surface area (Å²) in [6.45, 7) is 2.40. The zero-order chi connectivity index (χ0) is 13.5. The number of rotatable bonds is 6. The summed E-state index contributed by atoms with van der Waals surface area (Å²) in [5.41, 5.74) is 6.63. The number of carbonyl (C=O) groups excluding carboxylic acids is 1. The third-order valence-electron chi connectivity index (χ3n) is 2.59. The molecule has 3 N–H and O–H groups in total. The van der Waals surface area contributed by atoms with E-state index in [1.165, 1.54) is 0 Å². The fourth-order valence-electron chi connectivity index (χ4n) is 1.61. The van der Waals surface area contributed by atoms with Crippen LogP contribution in [0.5, 0.6) is 0 Å². The van der Waals surface area contributed by atoms with Gasteiger partial charge in [0, 0.05) is 44.9 Å². The predicted octanol–water partition coefficient (Wildman–Crippen LogP) is 1.73. The van der Waals surface area contributed by atoms with E-state index in [4.69, 9.17) is 5.73 Å². The molecule has 0 aliphatic heterocycles. The monoisotopic (exact) mass is 322 g/mol. The van der Waals surface area contributed by atoms with Crippen LogP contribution in [0.25, 0.3) is 0 Å². The summed E-state index contributed by atoms with van der Waals surface area (Å²) in [6, 6.07) is 3.90. The van der Waals surface area contributed by atoms with E-state index >= 15 is 0 Å². The number of amides is 1. The van der Waals surface area contributed by atoms with Gasteiger partial charge in [0.25, 0.3) is 0 Å². The fraction of sp³-hybridized carbons (Fsp3) is 0.538. The van der Waals surface area contributed by atoms with Crippen molar-refractivity contribution in [3.05, 3.63) is 23.9 Å². The molecule has 0 saturated heterocycles. The Labute approximate surface area is 133 Å². The fourth-order valence-corrected chi connectivity index (χ4v) is 1.61. The summed E-state index contributed by atoms with van der Waals surface area (Å²) in [7, 11) is 3.87. The van der Waals surface area contributed by atoms with Crippen LogP contribution in [0.3, 0.4) is 0 Å². The maximum atomic E-state index is 11.6. The van der Waals surface area contributed by atoms with E-state index < -0.39 is 0 Å². The summed E-state index contributed by atoms with van der Waals surface area (Å²) < 4.78 is 0. The number of hydrogen-bond donors (Lipinski definition) is 2. The molecule has 0 aliphatic rings. The molecule has 1 amide bonds.